The van der Waals surface area contributed by atoms with E-state index < -0.39 is 18.1 Å². The van der Waals surface area contributed by atoms with Gasteiger partial charge in [0, 0.05) is 78.2 Å². The number of aliphatic hydroxyl groups is 3. The van der Waals surface area contributed by atoms with Crippen molar-refractivity contribution < 1.29 is 44.1 Å². The van der Waals surface area contributed by atoms with Crippen LogP contribution in [0.1, 0.15) is 178 Å². The van der Waals surface area contributed by atoms with E-state index in [0.29, 0.717) is 38.9 Å². The van der Waals surface area contributed by atoms with Gasteiger partial charge in [-0.25, -0.2) is 0 Å². The predicted octanol–water partition coefficient (Wildman–Crippen LogP) is 5.26. The fraction of sp³-hybridized carbons (Fsp3) is 0.882. The maximum atomic E-state index is 13.8. The van der Waals surface area contributed by atoms with Crippen molar-refractivity contribution in [3.8, 4) is 0 Å². The van der Waals surface area contributed by atoms with Gasteiger partial charge in [0.25, 0.3) is 0 Å². The summed E-state index contributed by atoms with van der Waals surface area (Å²) in [6.45, 7) is 18.6. The Balaban J connectivity index is 6.22. The molecule has 3 atom stereocenters. The number of amides is 6. The molecule has 0 aromatic carbocycles. The molecular weight excluding hydrogens is 855 g/mol. The van der Waals surface area contributed by atoms with Crippen LogP contribution in [-0.2, 0) is 28.8 Å². The van der Waals surface area contributed by atoms with E-state index >= 15 is 0 Å². The van der Waals surface area contributed by atoms with Crippen LogP contribution in [0.3, 0.4) is 0 Å². The second kappa shape index (κ2) is 39.5. The summed E-state index contributed by atoms with van der Waals surface area (Å²) < 4.78 is 0. The molecule has 0 bridgehead atoms. The van der Waals surface area contributed by atoms with Crippen LogP contribution in [0.25, 0.3) is 0 Å². The minimum Gasteiger partial charge on any atom is -0.395 e. The van der Waals surface area contributed by atoms with Gasteiger partial charge in [-0.15, -0.1) is 0 Å². The SMILES string of the molecule is CCCCCCCC(=O)N(CCO)C(C(=O)NCCN(CCNC(=O)C(C(C)C)N(CCO)C(=O)CCCCCCC)CCNC(=O)C(C(C)C)N(CCO)C(=O)CCCCCCC)C(C)C. The van der Waals surface area contributed by atoms with E-state index in [1.165, 1.54) is 14.7 Å². The quantitative estimate of drug-likeness (QED) is 0.0438. The van der Waals surface area contributed by atoms with E-state index in [1.54, 1.807) is 0 Å². The molecule has 0 aliphatic heterocycles. The van der Waals surface area contributed by atoms with Crippen LogP contribution >= 0.6 is 0 Å². The molecule has 0 aliphatic rings. The first kappa shape index (κ1) is 63.7. The highest BCUT2D eigenvalue weighted by atomic mass is 16.3. The molecule has 392 valence electrons. The molecule has 6 amide bonds. The van der Waals surface area contributed by atoms with E-state index in [9.17, 15) is 44.1 Å². The summed E-state index contributed by atoms with van der Waals surface area (Å²) in [5.41, 5.74) is 0. The molecule has 0 radical (unpaired) electrons. The summed E-state index contributed by atoms with van der Waals surface area (Å²) >= 11 is 0. The number of unbranched alkanes of at least 4 members (excludes halogenated alkanes) is 12. The summed E-state index contributed by atoms with van der Waals surface area (Å²) in [6, 6.07) is -2.36. The first-order chi connectivity index (χ1) is 32.1. The Morgan fingerprint density at radius 2 is 0.612 bits per heavy atom. The van der Waals surface area contributed by atoms with Crippen molar-refractivity contribution in [3.05, 3.63) is 0 Å². The van der Waals surface area contributed by atoms with Crippen molar-refractivity contribution in [1.82, 2.24) is 35.6 Å². The Morgan fingerprint density at radius 1 is 0.373 bits per heavy atom. The Labute approximate surface area is 406 Å². The minimum atomic E-state index is -0.787. The largest absolute Gasteiger partial charge is 0.395 e. The van der Waals surface area contributed by atoms with Gasteiger partial charge >= 0.3 is 0 Å². The molecule has 0 rings (SSSR count). The standard InChI is InChI=1S/C51H99N7O9/c1-10-13-16-19-22-25-43(62)56(34-37-59)46(40(4)5)49(65)52-28-31-55(32-29-53-50(66)47(41(6)7)57(35-38-60)44(63)26-23-20-17-14-11-2)33-30-54-51(67)48(42(8)9)58(36-39-61)45(64)27-24-21-18-15-12-3/h40-42,46-48,59-61H,10-39H2,1-9H3,(H,52,65)(H,53,66)(H,54,67). The number of nitrogens with zero attached hydrogens (tertiary/aromatic N) is 4. The first-order valence-corrected chi connectivity index (χ1v) is 26.3. The van der Waals surface area contributed by atoms with Gasteiger partial charge in [0.2, 0.25) is 35.4 Å². The van der Waals surface area contributed by atoms with Gasteiger partial charge in [0.1, 0.15) is 18.1 Å². The van der Waals surface area contributed by atoms with Gasteiger partial charge in [-0.05, 0) is 37.0 Å². The zero-order valence-electron chi connectivity index (χ0n) is 43.8. The molecule has 0 aromatic rings. The Hall–Kier alpha value is -3.34. The van der Waals surface area contributed by atoms with Crippen LogP contribution in [0.15, 0.2) is 0 Å². The molecule has 0 fully saturated rings. The number of hydrogen-bond donors (Lipinski definition) is 6. The average Bonchev–Trinajstić information content (AvgIpc) is 3.27. The molecule has 0 spiro atoms. The third kappa shape index (κ3) is 26.9. The zero-order valence-corrected chi connectivity index (χ0v) is 43.8. The second-order valence-corrected chi connectivity index (χ2v) is 19.2. The third-order valence-electron chi connectivity index (χ3n) is 12.4. The van der Waals surface area contributed by atoms with Gasteiger partial charge in [-0.3, -0.25) is 33.7 Å². The fourth-order valence-electron chi connectivity index (χ4n) is 8.72. The Kier molecular flexibility index (Phi) is 37.5. The summed E-state index contributed by atoms with van der Waals surface area (Å²) in [5, 5.41) is 38.7. The summed E-state index contributed by atoms with van der Waals surface area (Å²) in [6.07, 6.45) is 15.5. The topological polar surface area (TPSA) is 212 Å². The van der Waals surface area contributed by atoms with Crippen LogP contribution in [0.2, 0.25) is 0 Å². The molecular formula is C51H99N7O9. The molecule has 3 unspecified atom stereocenters. The first-order valence-electron chi connectivity index (χ1n) is 26.3. The molecule has 0 saturated heterocycles. The minimum absolute atomic E-state index is 0.0465. The van der Waals surface area contributed by atoms with Gasteiger partial charge in [0.05, 0.1) is 19.8 Å². The maximum absolute atomic E-state index is 13.8. The number of carbonyl (C=O) groups excluding carboxylic acids is 6. The number of rotatable bonds is 42. The number of nitrogens with one attached hydrogen (secondary N) is 3. The maximum Gasteiger partial charge on any atom is 0.243 e. The molecule has 16 nitrogen and oxygen atoms in total. The predicted molar refractivity (Wildman–Crippen MR) is 268 cm³/mol. The van der Waals surface area contributed by atoms with Crippen LogP contribution < -0.4 is 16.0 Å². The molecule has 16 heteroatoms. The van der Waals surface area contributed by atoms with E-state index in [4.69, 9.17) is 0 Å². The lowest BCUT2D eigenvalue weighted by molar-refractivity contribution is -0.143. The molecule has 6 N–H and O–H groups in total. The van der Waals surface area contributed by atoms with Gasteiger partial charge in [-0.2, -0.15) is 0 Å². The van der Waals surface area contributed by atoms with Crippen molar-refractivity contribution in [1.29, 1.82) is 0 Å². The van der Waals surface area contributed by atoms with Crippen LogP contribution in [0, 0.1) is 17.8 Å². The van der Waals surface area contributed by atoms with Gasteiger partial charge in [0.15, 0.2) is 0 Å². The smallest absolute Gasteiger partial charge is 0.243 e. The molecule has 67 heavy (non-hydrogen) atoms. The number of hydrogen-bond acceptors (Lipinski definition) is 10. The number of carbonyl (C=O) groups is 6. The lowest BCUT2D eigenvalue weighted by atomic mass is 10.00. The highest BCUT2D eigenvalue weighted by molar-refractivity contribution is 5.89. The van der Waals surface area contributed by atoms with E-state index in [0.717, 1.165) is 96.3 Å². The van der Waals surface area contributed by atoms with Crippen molar-refractivity contribution in [2.24, 2.45) is 17.8 Å². The zero-order chi connectivity index (χ0) is 50.6. The summed E-state index contributed by atoms with van der Waals surface area (Å²) in [7, 11) is 0. The van der Waals surface area contributed by atoms with Crippen LogP contribution in [0.5, 0.6) is 0 Å². The highest BCUT2D eigenvalue weighted by Gasteiger charge is 2.34. The fourth-order valence-corrected chi connectivity index (χ4v) is 8.72. The Bertz CT molecular complexity index is 1190. The summed E-state index contributed by atoms with van der Waals surface area (Å²) in [4.78, 5) is 88.2. The van der Waals surface area contributed by atoms with Crippen molar-refractivity contribution in [3.63, 3.8) is 0 Å². The van der Waals surface area contributed by atoms with Crippen molar-refractivity contribution in [2.75, 3.05) is 78.7 Å². The average molecular weight is 954 g/mol. The van der Waals surface area contributed by atoms with Crippen molar-refractivity contribution in [2.45, 2.75) is 196 Å². The lowest BCUT2D eigenvalue weighted by Crippen LogP contribution is -2.55. The van der Waals surface area contributed by atoms with E-state index in [2.05, 4.69) is 36.7 Å². The van der Waals surface area contributed by atoms with E-state index in [-0.39, 0.29) is 112 Å². The molecule has 0 aliphatic carbocycles. The molecule has 0 aromatic heterocycles. The van der Waals surface area contributed by atoms with Gasteiger partial charge < -0.3 is 46.0 Å². The van der Waals surface area contributed by atoms with Crippen LogP contribution in [0.4, 0.5) is 0 Å². The Morgan fingerprint density at radius 3 is 0.821 bits per heavy atom. The second-order valence-electron chi connectivity index (χ2n) is 19.2. The van der Waals surface area contributed by atoms with E-state index in [1.807, 2.05) is 46.4 Å². The number of aliphatic hydroxyl groups excluding tert-OH is 3. The normalized spacial score (nSPS) is 12.9. The molecule has 0 saturated carbocycles. The summed E-state index contributed by atoms with van der Waals surface area (Å²) in [5.74, 6) is -2.16. The molecule has 0 heterocycles. The van der Waals surface area contributed by atoms with Crippen molar-refractivity contribution >= 4 is 35.4 Å². The van der Waals surface area contributed by atoms with Gasteiger partial charge in [-0.1, -0.05) is 139 Å². The monoisotopic (exact) mass is 954 g/mol. The third-order valence-corrected chi connectivity index (χ3v) is 12.4. The lowest BCUT2D eigenvalue weighted by Gasteiger charge is -2.34. The highest BCUT2D eigenvalue weighted by Crippen LogP contribution is 2.18. The van der Waals surface area contributed by atoms with Crippen LogP contribution in [-0.4, -0.2) is 167 Å².